The van der Waals surface area contributed by atoms with Crippen LogP contribution in [0.15, 0.2) is 24.3 Å². The number of rotatable bonds is 3. The normalized spacial score (nSPS) is 25.0. The topological polar surface area (TPSA) is 50.4 Å². The van der Waals surface area contributed by atoms with Gasteiger partial charge in [-0.3, -0.25) is 4.79 Å². The Morgan fingerprint density at radius 3 is 2.57 bits per heavy atom. The van der Waals surface area contributed by atoms with Gasteiger partial charge in [-0.1, -0.05) is 38.1 Å². The van der Waals surface area contributed by atoms with Crippen molar-refractivity contribution in [1.29, 1.82) is 0 Å². The summed E-state index contributed by atoms with van der Waals surface area (Å²) >= 11 is 0. The second-order valence-electron chi connectivity index (χ2n) is 6.79. The predicted octanol–water partition coefficient (Wildman–Crippen LogP) is 2.57. The molecule has 1 aliphatic carbocycles. The minimum absolute atomic E-state index is 0. The summed E-state index contributed by atoms with van der Waals surface area (Å²) in [4.78, 5) is 12.3. The molecule has 1 saturated heterocycles. The van der Waals surface area contributed by atoms with E-state index < -0.39 is 0 Å². The van der Waals surface area contributed by atoms with E-state index in [-0.39, 0.29) is 41.8 Å². The number of methoxy groups -OCH3 is 1. The number of amides is 1. The van der Waals surface area contributed by atoms with Crippen molar-refractivity contribution in [3.63, 3.8) is 0 Å². The Labute approximate surface area is 144 Å². The highest BCUT2D eigenvalue weighted by Gasteiger charge is 2.53. The van der Waals surface area contributed by atoms with Gasteiger partial charge in [0.1, 0.15) is 0 Å². The fraction of sp³-hybridized carbons (Fsp3) is 0.611. The summed E-state index contributed by atoms with van der Waals surface area (Å²) in [5, 5.41) is 6.67. The average Bonchev–Trinajstić information content (AvgIpc) is 2.78. The molecule has 1 amide bonds. The third-order valence-corrected chi connectivity index (χ3v) is 5.25. The molecular formula is C18H27ClN2O2. The minimum atomic E-state index is -0.0470. The lowest BCUT2D eigenvalue weighted by atomic mass is 9.72. The molecule has 23 heavy (non-hydrogen) atoms. The molecule has 2 N–H and O–H groups in total. The number of carbonyl (C=O) groups is 1. The molecule has 1 aromatic rings. The van der Waals surface area contributed by atoms with Gasteiger partial charge in [0.15, 0.2) is 0 Å². The highest BCUT2D eigenvalue weighted by Crippen LogP contribution is 2.51. The maximum absolute atomic E-state index is 12.3. The van der Waals surface area contributed by atoms with Crippen molar-refractivity contribution in [2.45, 2.75) is 44.2 Å². The largest absolute Gasteiger partial charge is 0.378 e. The van der Waals surface area contributed by atoms with Crippen molar-refractivity contribution in [2.75, 3.05) is 20.2 Å². The van der Waals surface area contributed by atoms with Gasteiger partial charge >= 0.3 is 0 Å². The summed E-state index contributed by atoms with van der Waals surface area (Å²) < 4.78 is 5.94. The van der Waals surface area contributed by atoms with Gasteiger partial charge in [0.2, 0.25) is 5.91 Å². The first kappa shape index (κ1) is 18.2. The molecule has 0 radical (unpaired) electrons. The smallest absolute Gasteiger partial charge is 0.223 e. The van der Waals surface area contributed by atoms with Gasteiger partial charge in [0.05, 0.1) is 12.1 Å². The van der Waals surface area contributed by atoms with Crippen molar-refractivity contribution in [3.8, 4) is 0 Å². The second kappa shape index (κ2) is 7.20. The number of hydrogen-bond acceptors (Lipinski definition) is 3. The van der Waals surface area contributed by atoms with Gasteiger partial charge in [-0.2, -0.15) is 0 Å². The molecule has 1 aliphatic heterocycles. The standard InChI is InChI=1S/C18H26N2O2.ClH/c1-12(2)17(21)20-15-13-6-4-5-7-14(13)18(16(15)22-3)8-10-19-11-9-18;/h4-7,12,15-16,19H,8-11H2,1-3H3,(H,20,21);1H/t15-,16+;/m1./s1. The summed E-state index contributed by atoms with van der Waals surface area (Å²) in [7, 11) is 1.77. The predicted molar refractivity (Wildman–Crippen MR) is 94.0 cm³/mol. The Hall–Kier alpha value is -1.10. The van der Waals surface area contributed by atoms with Crippen molar-refractivity contribution < 1.29 is 9.53 Å². The van der Waals surface area contributed by atoms with Crippen LogP contribution in [0.4, 0.5) is 0 Å². The molecular weight excluding hydrogens is 312 g/mol. The van der Waals surface area contributed by atoms with Crippen LogP contribution >= 0.6 is 12.4 Å². The Morgan fingerprint density at radius 1 is 1.30 bits per heavy atom. The number of piperidine rings is 1. The number of ether oxygens (including phenoxy) is 1. The first-order chi connectivity index (χ1) is 10.6. The van der Waals surface area contributed by atoms with Gasteiger partial charge in [0.25, 0.3) is 0 Å². The van der Waals surface area contributed by atoms with E-state index in [1.807, 2.05) is 13.8 Å². The number of halogens is 1. The van der Waals surface area contributed by atoms with Crippen LogP contribution < -0.4 is 10.6 Å². The molecule has 128 valence electrons. The monoisotopic (exact) mass is 338 g/mol. The van der Waals surface area contributed by atoms with E-state index in [0.717, 1.165) is 25.9 Å². The van der Waals surface area contributed by atoms with E-state index in [0.29, 0.717) is 0 Å². The fourth-order valence-electron chi connectivity index (χ4n) is 4.12. The summed E-state index contributed by atoms with van der Waals surface area (Å²) in [6.07, 6.45) is 2.11. The van der Waals surface area contributed by atoms with Crippen LogP contribution in [0.1, 0.15) is 43.9 Å². The molecule has 2 aliphatic rings. The van der Waals surface area contributed by atoms with Gasteiger partial charge in [-0.25, -0.2) is 0 Å². The lowest BCUT2D eigenvalue weighted by molar-refractivity contribution is -0.126. The molecule has 0 bridgehead atoms. The Kier molecular flexibility index (Phi) is 5.71. The van der Waals surface area contributed by atoms with E-state index in [1.54, 1.807) is 7.11 Å². The van der Waals surface area contributed by atoms with Gasteiger partial charge in [0, 0.05) is 18.4 Å². The van der Waals surface area contributed by atoms with E-state index in [1.165, 1.54) is 11.1 Å². The number of carbonyl (C=O) groups excluding carboxylic acids is 1. The Balaban J connectivity index is 0.00000192. The van der Waals surface area contributed by atoms with Crippen LogP contribution in [0.5, 0.6) is 0 Å². The molecule has 0 aromatic heterocycles. The molecule has 1 aromatic carbocycles. The third-order valence-electron chi connectivity index (χ3n) is 5.25. The SMILES string of the molecule is CO[C@H]1[C@H](NC(=O)C(C)C)c2ccccc2C12CCNCC2.Cl. The zero-order valence-electron chi connectivity index (χ0n) is 14.1. The molecule has 0 unspecified atom stereocenters. The maximum Gasteiger partial charge on any atom is 0.223 e. The number of hydrogen-bond donors (Lipinski definition) is 2. The van der Waals surface area contributed by atoms with Crippen molar-refractivity contribution in [1.82, 2.24) is 10.6 Å². The quantitative estimate of drug-likeness (QED) is 0.890. The highest BCUT2D eigenvalue weighted by atomic mass is 35.5. The van der Waals surface area contributed by atoms with Crippen LogP contribution in [0, 0.1) is 5.92 Å². The second-order valence-corrected chi connectivity index (χ2v) is 6.79. The van der Waals surface area contributed by atoms with Crippen LogP contribution in [0.2, 0.25) is 0 Å². The highest BCUT2D eigenvalue weighted by molar-refractivity contribution is 5.85. The van der Waals surface area contributed by atoms with Crippen molar-refractivity contribution in [2.24, 2.45) is 5.92 Å². The lowest BCUT2D eigenvalue weighted by Gasteiger charge is -2.40. The molecule has 1 fully saturated rings. The number of fused-ring (bicyclic) bond motifs is 2. The van der Waals surface area contributed by atoms with Crippen molar-refractivity contribution in [3.05, 3.63) is 35.4 Å². The molecule has 3 rings (SSSR count). The van der Waals surface area contributed by atoms with Crippen LogP contribution in [-0.2, 0) is 14.9 Å². The first-order valence-electron chi connectivity index (χ1n) is 8.23. The van der Waals surface area contributed by atoms with E-state index >= 15 is 0 Å². The number of benzene rings is 1. The third kappa shape index (κ3) is 3.00. The zero-order chi connectivity index (χ0) is 15.7. The van der Waals surface area contributed by atoms with Crippen LogP contribution in [0.25, 0.3) is 0 Å². The summed E-state index contributed by atoms with van der Waals surface area (Å²) in [5.41, 5.74) is 2.61. The van der Waals surface area contributed by atoms with E-state index in [9.17, 15) is 4.79 Å². The van der Waals surface area contributed by atoms with Gasteiger partial charge < -0.3 is 15.4 Å². The summed E-state index contributed by atoms with van der Waals surface area (Å²) in [6.45, 7) is 5.86. The molecule has 1 spiro atoms. The van der Waals surface area contributed by atoms with E-state index in [2.05, 4.69) is 34.9 Å². The zero-order valence-corrected chi connectivity index (χ0v) is 14.9. The van der Waals surface area contributed by atoms with Crippen LogP contribution in [-0.4, -0.2) is 32.2 Å². The van der Waals surface area contributed by atoms with E-state index in [4.69, 9.17) is 4.74 Å². The molecule has 5 heteroatoms. The Morgan fingerprint density at radius 2 is 1.96 bits per heavy atom. The molecule has 1 heterocycles. The van der Waals surface area contributed by atoms with Crippen molar-refractivity contribution >= 4 is 18.3 Å². The minimum Gasteiger partial charge on any atom is -0.378 e. The number of nitrogens with one attached hydrogen (secondary N) is 2. The van der Waals surface area contributed by atoms with Gasteiger partial charge in [-0.05, 0) is 37.1 Å². The van der Waals surface area contributed by atoms with Gasteiger partial charge in [-0.15, -0.1) is 12.4 Å². The summed E-state index contributed by atoms with van der Waals surface area (Å²) in [6, 6.07) is 8.47. The lowest BCUT2D eigenvalue weighted by Crippen LogP contribution is -2.49. The maximum atomic E-state index is 12.3. The Bertz CT molecular complexity index is 556. The first-order valence-corrected chi connectivity index (χ1v) is 8.23. The van der Waals surface area contributed by atoms with Crippen LogP contribution in [0.3, 0.4) is 0 Å². The summed E-state index contributed by atoms with van der Waals surface area (Å²) in [5.74, 6) is 0.0714. The average molecular weight is 339 g/mol. The molecule has 0 saturated carbocycles. The molecule has 4 nitrogen and oxygen atoms in total. The molecule has 2 atom stereocenters. The fourth-order valence-corrected chi connectivity index (χ4v) is 4.12.